The molecule has 90 valence electrons. The average molecular weight is 230 g/mol. The van der Waals surface area contributed by atoms with Gasteiger partial charge >= 0.3 is 0 Å². The summed E-state index contributed by atoms with van der Waals surface area (Å²) < 4.78 is 5.42. The van der Waals surface area contributed by atoms with Gasteiger partial charge in [-0.05, 0) is 44.5 Å². The summed E-state index contributed by atoms with van der Waals surface area (Å²) in [7, 11) is 1.92. The monoisotopic (exact) mass is 230 g/mol. The van der Waals surface area contributed by atoms with Crippen LogP contribution >= 0.6 is 0 Å². The Morgan fingerprint density at radius 3 is 2.47 bits per heavy atom. The summed E-state index contributed by atoms with van der Waals surface area (Å²) in [4.78, 5) is 0. The highest BCUT2D eigenvalue weighted by molar-refractivity contribution is 5.33. The molecule has 1 fully saturated rings. The third-order valence-electron chi connectivity index (χ3n) is 3.38. The molecule has 1 aliphatic rings. The van der Waals surface area contributed by atoms with Crippen LogP contribution in [-0.4, -0.2) is 13.7 Å². The largest absolute Gasteiger partial charge is 0.494 e. The lowest BCUT2D eigenvalue weighted by molar-refractivity contribution is 0.339. The van der Waals surface area contributed by atoms with E-state index in [1.54, 1.807) is 0 Å². The number of rotatable bonds is 5. The van der Waals surface area contributed by atoms with Gasteiger partial charge in [-0.3, -0.25) is 0 Å². The fourth-order valence-electron chi connectivity index (χ4n) is 2.28. The molecule has 17 heavy (non-hydrogen) atoms. The van der Waals surface area contributed by atoms with Gasteiger partial charge in [0, 0.05) is 0 Å². The summed E-state index contributed by atoms with van der Waals surface area (Å²) in [5.74, 6) is 0.882. The Hall–Kier alpha value is -1.53. The van der Waals surface area contributed by atoms with Crippen molar-refractivity contribution in [3.8, 4) is 11.8 Å². The zero-order valence-electron chi connectivity index (χ0n) is 10.4. The maximum absolute atomic E-state index is 9.24. The van der Waals surface area contributed by atoms with Gasteiger partial charge in [0.15, 0.2) is 0 Å². The van der Waals surface area contributed by atoms with Crippen molar-refractivity contribution in [3.05, 3.63) is 29.8 Å². The van der Waals surface area contributed by atoms with E-state index in [1.807, 2.05) is 38.2 Å². The Morgan fingerprint density at radius 2 is 2.06 bits per heavy atom. The molecule has 0 aromatic heterocycles. The molecular weight excluding hydrogens is 212 g/mol. The highest BCUT2D eigenvalue weighted by Crippen LogP contribution is 2.54. The number of ether oxygens (including phenoxy) is 1. The minimum atomic E-state index is -0.193. The van der Waals surface area contributed by atoms with E-state index < -0.39 is 0 Å². The highest BCUT2D eigenvalue weighted by atomic mass is 16.5. The van der Waals surface area contributed by atoms with Crippen LogP contribution in [0.25, 0.3) is 0 Å². The SMILES string of the molecule is CCOc1ccc(C(NC)C2(C#N)CC2)cc1. The van der Waals surface area contributed by atoms with E-state index in [-0.39, 0.29) is 11.5 Å². The molecule has 2 rings (SSSR count). The third kappa shape index (κ3) is 2.27. The first-order valence-electron chi connectivity index (χ1n) is 6.07. The van der Waals surface area contributed by atoms with Crippen molar-refractivity contribution >= 4 is 0 Å². The predicted molar refractivity (Wildman–Crippen MR) is 66.7 cm³/mol. The Balaban J connectivity index is 2.18. The van der Waals surface area contributed by atoms with Gasteiger partial charge in [0.05, 0.1) is 24.1 Å². The molecule has 0 aliphatic heterocycles. The van der Waals surface area contributed by atoms with Crippen LogP contribution in [0, 0.1) is 16.7 Å². The summed E-state index contributed by atoms with van der Waals surface area (Å²) in [6.45, 7) is 2.65. The molecule has 1 aromatic rings. The first kappa shape index (κ1) is 11.9. The normalized spacial score (nSPS) is 18.2. The van der Waals surface area contributed by atoms with Crippen LogP contribution in [0.1, 0.15) is 31.4 Å². The molecule has 0 saturated heterocycles. The van der Waals surface area contributed by atoms with Crippen molar-refractivity contribution in [2.75, 3.05) is 13.7 Å². The molecule has 0 heterocycles. The van der Waals surface area contributed by atoms with Crippen molar-refractivity contribution in [1.82, 2.24) is 5.32 Å². The minimum Gasteiger partial charge on any atom is -0.494 e. The molecule has 0 bridgehead atoms. The Labute approximate surface area is 102 Å². The molecule has 1 aromatic carbocycles. The maximum Gasteiger partial charge on any atom is 0.119 e. The fraction of sp³-hybridized carbons (Fsp3) is 0.500. The van der Waals surface area contributed by atoms with Gasteiger partial charge < -0.3 is 10.1 Å². The first-order valence-corrected chi connectivity index (χ1v) is 6.07. The van der Waals surface area contributed by atoms with Crippen molar-refractivity contribution in [2.45, 2.75) is 25.8 Å². The van der Waals surface area contributed by atoms with E-state index in [0.717, 1.165) is 24.2 Å². The molecule has 1 N–H and O–H groups in total. The predicted octanol–water partition coefficient (Wildman–Crippen LogP) is 2.65. The topological polar surface area (TPSA) is 45.0 Å². The Kier molecular flexibility index (Phi) is 3.35. The van der Waals surface area contributed by atoms with Gasteiger partial charge in [-0.25, -0.2) is 0 Å². The van der Waals surface area contributed by atoms with Gasteiger partial charge in [0.2, 0.25) is 0 Å². The van der Waals surface area contributed by atoms with Gasteiger partial charge in [0.25, 0.3) is 0 Å². The number of nitrogens with one attached hydrogen (secondary N) is 1. The highest BCUT2D eigenvalue weighted by Gasteiger charge is 2.50. The van der Waals surface area contributed by atoms with Crippen LogP contribution in [0.15, 0.2) is 24.3 Å². The average Bonchev–Trinajstić information content (AvgIpc) is 3.14. The van der Waals surface area contributed by atoms with Crippen molar-refractivity contribution in [3.63, 3.8) is 0 Å². The molecular formula is C14H18N2O. The summed E-state index contributed by atoms with van der Waals surface area (Å²) in [5.41, 5.74) is 0.969. The van der Waals surface area contributed by atoms with Crippen LogP contribution in [0.5, 0.6) is 5.75 Å². The van der Waals surface area contributed by atoms with Gasteiger partial charge in [-0.2, -0.15) is 5.26 Å². The van der Waals surface area contributed by atoms with Crippen molar-refractivity contribution in [1.29, 1.82) is 5.26 Å². The zero-order valence-corrected chi connectivity index (χ0v) is 10.4. The third-order valence-corrected chi connectivity index (χ3v) is 3.38. The zero-order chi connectivity index (χ0) is 12.3. The van der Waals surface area contributed by atoms with E-state index in [2.05, 4.69) is 11.4 Å². The number of nitrogens with zero attached hydrogens (tertiary/aromatic N) is 1. The molecule has 1 saturated carbocycles. The number of hydrogen-bond donors (Lipinski definition) is 1. The van der Waals surface area contributed by atoms with Crippen LogP contribution in [-0.2, 0) is 0 Å². The molecule has 0 radical (unpaired) electrons. The summed E-state index contributed by atoms with van der Waals surface area (Å²) in [6, 6.07) is 10.6. The van der Waals surface area contributed by atoms with Crippen LogP contribution in [0.3, 0.4) is 0 Å². The van der Waals surface area contributed by atoms with E-state index in [0.29, 0.717) is 6.61 Å². The molecule has 3 nitrogen and oxygen atoms in total. The molecule has 1 unspecified atom stereocenters. The first-order chi connectivity index (χ1) is 8.25. The van der Waals surface area contributed by atoms with Gasteiger partial charge in [0.1, 0.15) is 5.75 Å². The molecule has 0 spiro atoms. The fourth-order valence-corrected chi connectivity index (χ4v) is 2.28. The maximum atomic E-state index is 9.24. The second-order valence-electron chi connectivity index (χ2n) is 4.49. The number of benzene rings is 1. The summed E-state index contributed by atoms with van der Waals surface area (Å²) in [6.07, 6.45) is 1.98. The molecule has 0 amide bonds. The molecule has 1 atom stereocenters. The Bertz CT molecular complexity index is 415. The van der Waals surface area contributed by atoms with E-state index in [9.17, 15) is 5.26 Å². The second kappa shape index (κ2) is 4.77. The summed E-state index contributed by atoms with van der Waals surface area (Å²) in [5, 5.41) is 12.5. The van der Waals surface area contributed by atoms with Gasteiger partial charge in [-0.15, -0.1) is 0 Å². The molecule has 3 heteroatoms. The van der Waals surface area contributed by atoms with Crippen molar-refractivity contribution < 1.29 is 4.74 Å². The lowest BCUT2D eigenvalue weighted by atomic mass is 9.91. The van der Waals surface area contributed by atoms with Crippen LogP contribution < -0.4 is 10.1 Å². The lowest BCUT2D eigenvalue weighted by Gasteiger charge is -2.21. The lowest BCUT2D eigenvalue weighted by Crippen LogP contribution is -2.25. The molecule has 1 aliphatic carbocycles. The quantitative estimate of drug-likeness (QED) is 0.845. The van der Waals surface area contributed by atoms with Gasteiger partial charge in [-0.1, -0.05) is 12.1 Å². The minimum absolute atomic E-state index is 0.128. The van der Waals surface area contributed by atoms with E-state index in [1.165, 1.54) is 0 Å². The number of nitriles is 1. The second-order valence-corrected chi connectivity index (χ2v) is 4.49. The standard InChI is InChI=1S/C14H18N2O/c1-3-17-12-6-4-11(5-7-12)13(16-2)14(10-15)8-9-14/h4-7,13,16H,3,8-9H2,1-2H3. The van der Waals surface area contributed by atoms with E-state index in [4.69, 9.17) is 4.74 Å². The van der Waals surface area contributed by atoms with E-state index >= 15 is 0 Å². The Morgan fingerprint density at radius 1 is 1.41 bits per heavy atom. The van der Waals surface area contributed by atoms with Crippen molar-refractivity contribution in [2.24, 2.45) is 5.41 Å². The smallest absolute Gasteiger partial charge is 0.119 e. The van der Waals surface area contributed by atoms with Crippen LogP contribution in [0.4, 0.5) is 0 Å². The summed E-state index contributed by atoms with van der Waals surface area (Å²) >= 11 is 0. The number of hydrogen-bond acceptors (Lipinski definition) is 3. The van der Waals surface area contributed by atoms with Crippen LogP contribution in [0.2, 0.25) is 0 Å².